The van der Waals surface area contributed by atoms with Crippen LogP contribution in [0.5, 0.6) is 0 Å². The Bertz CT molecular complexity index is 549. The molecule has 0 fully saturated rings. The fourth-order valence-electron chi connectivity index (χ4n) is 2.20. The molecule has 0 saturated carbocycles. The monoisotopic (exact) mass is 504 g/mol. The van der Waals surface area contributed by atoms with Crippen molar-refractivity contribution in [3.05, 3.63) is 6.92 Å². The summed E-state index contributed by atoms with van der Waals surface area (Å²) in [4.78, 5) is 30.5. The number of hydrogen-bond donors (Lipinski definition) is 5. The van der Waals surface area contributed by atoms with Crippen LogP contribution >= 0.6 is 0 Å². The van der Waals surface area contributed by atoms with Crippen LogP contribution in [0.3, 0.4) is 0 Å². The molecular formula is C18H34Na2O11S. The number of carboxylic acids is 3. The van der Waals surface area contributed by atoms with Gasteiger partial charge in [0.25, 0.3) is 0 Å². The van der Waals surface area contributed by atoms with Crippen molar-refractivity contribution in [3.8, 4) is 0 Å². The van der Waals surface area contributed by atoms with E-state index in [4.69, 9.17) is 37.9 Å². The molecule has 0 spiro atoms. The fourth-order valence-corrected chi connectivity index (χ4v) is 2.20. The molecule has 14 heteroatoms. The summed E-state index contributed by atoms with van der Waals surface area (Å²) in [7, 11) is -4.92. The number of rotatable bonds is 14. The van der Waals surface area contributed by atoms with Gasteiger partial charge < -0.3 is 31.9 Å². The van der Waals surface area contributed by atoms with Gasteiger partial charge in [0.1, 0.15) is 0 Å². The van der Waals surface area contributed by atoms with Crippen molar-refractivity contribution < 1.29 is 111 Å². The van der Waals surface area contributed by atoms with Crippen molar-refractivity contribution in [2.75, 3.05) is 0 Å². The Morgan fingerprint density at radius 3 is 1.31 bits per heavy atom. The summed E-state index contributed by atoms with van der Waals surface area (Å²) in [6.07, 6.45) is 11.6. The summed E-state index contributed by atoms with van der Waals surface area (Å²) >= 11 is 0. The van der Waals surface area contributed by atoms with E-state index in [9.17, 15) is 14.4 Å². The third kappa shape index (κ3) is 40.6. The smallest absolute Gasteiger partial charge is 0.726 e. The molecule has 0 aromatic rings. The molecule has 0 saturated heterocycles. The average Bonchev–Trinajstić information content (AvgIpc) is 2.55. The summed E-state index contributed by atoms with van der Waals surface area (Å²) < 4.78 is 32.8. The van der Waals surface area contributed by atoms with Gasteiger partial charge in [0.15, 0.2) is 5.60 Å². The van der Waals surface area contributed by atoms with Crippen LogP contribution in [0.15, 0.2) is 0 Å². The van der Waals surface area contributed by atoms with E-state index in [2.05, 4.69) is 13.8 Å². The van der Waals surface area contributed by atoms with Crippen LogP contribution < -0.4 is 59.1 Å². The predicted molar refractivity (Wildman–Crippen MR) is 107 cm³/mol. The van der Waals surface area contributed by atoms with Crippen molar-refractivity contribution in [3.63, 3.8) is 0 Å². The van der Waals surface area contributed by atoms with Gasteiger partial charge in [-0.25, -0.2) is 13.2 Å². The Morgan fingerprint density at radius 1 is 0.812 bits per heavy atom. The summed E-state index contributed by atoms with van der Waals surface area (Å²) in [5.74, 6) is -5.02. The first-order valence-electron chi connectivity index (χ1n) is 9.56. The molecular weight excluding hydrogens is 470 g/mol. The van der Waals surface area contributed by atoms with E-state index in [1.807, 2.05) is 0 Å². The van der Waals surface area contributed by atoms with Gasteiger partial charge in [-0.1, -0.05) is 64.7 Å². The maximum absolute atomic E-state index is 10.3. The quantitative estimate of drug-likeness (QED) is 0.0515. The topological polar surface area (TPSA) is 210 Å². The molecule has 0 aromatic carbocycles. The van der Waals surface area contributed by atoms with E-state index in [-0.39, 0.29) is 59.1 Å². The minimum absolute atomic E-state index is 0. The van der Waals surface area contributed by atoms with Crippen molar-refractivity contribution in [2.24, 2.45) is 0 Å². The van der Waals surface area contributed by atoms with E-state index in [0.29, 0.717) is 0 Å². The number of carbonyl (C=O) groups is 3. The van der Waals surface area contributed by atoms with E-state index in [0.717, 1.165) is 6.42 Å². The van der Waals surface area contributed by atoms with Gasteiger partial charge >= 0.3 is 77.0 Å². The van der Waals surface area contributed by atoms with E-state index >= 15 is 0 Å². The minimum Gasteiger partial charge on any atom is -0.726 e. The molecule has 5 N–H and O–H groups in total. The SMILES string of the molecule is O=C(O)CC(O)(CC(=O)O)C(=O)O.O=S(=O)([O-])O.[CH2-]CCCCCCCCCCC.[Na+].[Na+]. The molecule has 0 aromatic heterocycles. The maximum atomic E-state index is 10.3. The number of aliphatic carboxylic acids is 3. The largest absolute Gasteiger partial charge is 1.00 e. The van der Waals surface area contributed by atoms with Crippen LogP contribution in [0.25, 0.3) is 0 Å². The van der Waals surface area contributed by atoms with Crippen molar-refractivity contribution in [2.45, 2.75) is 89.6 Å². The normalized spacial score (nSPS) is 10.2. The number of unbranched alkanes of at least 4 members (excludes halogenated alkanes) is 9. The molecule has 180 valence electrons. The molecule has 0 unspecified atom stereocenters. The molecule has 0 aliphatic carbocycles. The minimum atomic E-state index is -4.92. The first kappa shape index (κ1) is 42.4. The third-order valence-electron chi connectivity index (χ3n) is 3.64. The second-order valence-corrected chi connectivity index (χ2v) is 7.44. The second-order valence-electron chi connectivity index (χ2n) is 6.59. The molecule has 0 rings (SSSR count). The molecule has 0 aliphatic rings. The summed E-state index contributed by atoms with van der Waals surface area (Å²) in [5, 5.41) is 33.8. The first-order valence-corrected chi connectivity index (χ1v) is 10.9. The first-order chi connectivity index (χ1) is 13.7. The zero-order valence-electron chi connectivity index (χ0n) is 19.3. The zero-order valence-corrected chi connectivity index (χ0v) is 24.1. The van der Waals surface area contributed by atoms with Gasteiger partial charge in [0.2, 0.25) is 10.4 Å². The Kier molecular flexibility index (Phi) is 34.3. The van der Waals surface area contributed by atoms with E-state index in [1.165, 1.54) is 57.8 Å². The summed E-state index contributed by atoms with van der Waals surface area (Å²) in [6, 6.07) is 0. The Labute approximate surface area is 234 Å². The van der Waals surface area contributed by atoms with Crippen LogP contribution in [0, 0.1) is 6.92 Å². The van der Waals surface area contributed by atoms with E-state index in [1.54, 1.807) is 0 Å². The van der Waals surface area contributed by atoms with Gasteiger partial charge in [-0.2, -0.15) is 6.42 Å². The van der Waals surface area contributed by atoms with Gasteiger partial charge in [-0.3, -0.25) is 14.1 Å². The van der Waals surface area contributed by atoms with Crippen LogP contribution in [0.1, 0.15) is 84.0 Å². The van der Waals surface area contributed by atoms with Crippen LogP contribution in [-0.4, -0.2) is 61.5 Å². The van der Waals surface area contributed by atoms with Gasteiger partial charge in [0, 0.05) is 0 Å². The summed E-state index contributed by atoms with van der Waals surface area (Å²) in [6.45, 7) is 6.12. The molecule has 0 radical (unpaired) electrons. The Morgan fingerprint density at radius 2 is 1.09 bits per heavy atom. The standard InChI is InChI=1S/C12H25.C6H8O7.2Na.H2O4S/c1-3-5-7-9-11-12-10-8-6-4-2;7-3(8)1-6(13,5(11)12)2-4(9)10;;;1-5(2,3)4/h1,3-12H2,2H3;13H,1-2H2,(H,7,8)(H,9,10)(H,11,12);;;(H2,1,2,3,4)/q-1;;2*+1;/p-1. The van der Waals surface area contributed by atoms with Crippen LogP contribution in [0.2, 0.25) is 0 Å². The third-order valence-corrected chi connectivity index (χ3v) is 3.64. The fraction of sp³-hybridized carbons (Fsp3) is 0.778. The molecule has 0 bridgehead atoms. The van der Waals surface area contributed by atoms with Crippen LogP contribution in [-0.2, 0) is 24.8 Å². The molecule has 0 aliphatic heterocycles. The molecule has 0 atom stereocenters. The zero-order chi connectivity index (χ0) is 24.2. The summed E-state index contributed by atoms with van der Waals surface area (Å²) in [5.41, 5.74) is -2.74. The van der Waals surface area contributed by atoms with E-state index < -0.39 is 46.7 Å². The van der Waals surface area contributed by atoms with Gasteiger partial charge in [0.05, 0.1) is 12.8 Å². The van der Waals surface area contributed by atoms with Crippen molar-refractivity contribution in [1.82, 2.24) is 0 Å². The number of aliphatic hydroxyl groups is 1. The second kappa shape index (κ2) is 25.9. The van der Waals surface area contributed by atoms with Crippen molar-refractivity contribution in [1.29, 1.82) is 0 Å². The Hall–Kier alpha value is 0.240. The van der Waals surface area contributed by atoms with Gasteiger partial charge in [-0.05, 0) is 0 Å². The molecule has 0 amide bonds. The predicted octanol–water partition coefficient (Wildman–Crippen LogP) is -3.49. The number of carboxylic acid groups (broad SMARTS) is 3. The Balaban J connectivity index is -0.000000120. The van der Waals surface area contributed by atoms with Crippen molar-refractivity contribution >= 4 is 28.3 Å². The maximum Gasteiger partial charge on any atom is 1.00 e. The number of hydrogen-bond acceptors (Lipinski definition) is 7. The average molecular weight is 505 g/mol. The van der Waals surface area contributed by atoms with Gasteiger partial charge in [-0.15, -0.1) is 0 Å². The molecule has 0 heterocycles. The molecule has 11 nitrogen and oxygen atoms in total. The molecule has 32 heavy (non-hydrogen) atoms. The van der Waals surface area contributed by atoms with Crippen LogP contribution in [0.4, 0.5) is 0 Å².